The van der Waals surface area contributed by atoms with E-state index in [0.29, 0.717) is 12.1 Å². The third-order valence-corrected chi connectivity index (χ3v) is 6.16. The molecule has 0 atom stereocenters. The van der Waals surface area contributed by atoms with Crippen molar-refractivity contribution in [2.24, 2.45) is 0 Å². The van der Waals surface area contributed by atoms with Crippen LogP contribution in [-0.2, 0) is 10.0 Å². The van der Waals surface area contributed by atoms with Gasteiger partial charge in [-0.15, -0.1) is 11.3 Å². The van der Waals surface area contributed by atoms with Gasteiger partial charge < -0.3 is 0 Å². The quantitative estimate of drug-likeness (QED) is 0.686. The van der Waals surface area contributed by atoms with Gasteiger partial charge in [-0.1, -0.05) is 19.4 Å². The van der Waals surface area contributed by atoms with E-state index in [0.717, 1.165) is 27.2 Å². The van der Waals surface area contributed by atoms with Crippen LogP contribution in [0.15, 0.2) is 42.5 Å². The summed E-state index contributed by atoms with van der Waals surface area (Å²) in [6.07, 6.45) is 1.52. The molecule has 126 valence electrons. The highest BCUT2D eigenvalue weighted by molar-refractivity contribution is 7.92. The van der Waals surface area contributed by atoms with Crippen molar-refractivity contribution in [3.05, 3.63) is 48.0 Å². The Hall–Kier alpha value is -1.92. The van der Waals surface area contributed by atoms with Crippen molar-refractivity contribution < 1.29 is 8.42 Å². The van der Waals surface area contributed by atoms with Gasteiger partial charge in [0.05, 0.1) is 16.0 Å². The van der Waals surface area contributed by atoms with Crippen LogP contribution in [-0.4, -0.2) is 19.2 Å². The van der Waals surface area contributed by atoms with Crippen LogP contribution in [0.25, 0.3) is 20.8 Å². The number of sulfonamides is 1. The van der Waals surface area contributed by atoms with E-state index in [-0.39, 0.29) is 5.75 Å². The molecule has 1 N–H and O–H groups in total. The fraction of sp³-hybridized carbons (Fsp3) is 0.278. The summed E-state index contributed by atoms with van der Waals surface area (Å²) >= 11 is 1.64. The number of hydrogen-bond donors (Lipinski definition) is 1. The Balaban J connectivity index is 1.80. The van der Waals surface area contributed by atoms with E-state index in [1.807, 2.05) is 25.1 Å². The van der Waals surface area contributed by atoms with Gasteiger partial charge >= 0.3 is 0 Å². The van der Waals surface area contributed by atoms with Crippen LogP contribution < -0.4 is 4.72 Å². The molecule has 0 aliphatic carbocycles. The third-order valence-electron chi connectivity index (χ3n) is 3.72. The van der Waals surface area contributed by atoms with E-state index in [1.54, 1.807) is 23.5 Å². The van der Waals surface area contributed by atoms with Gasteiger partial charge in [-0.05, 0) is 55.3 Å². The highest BCUT2D eigenvalue weighted by atomic mass is 32.2. The molecule has 6 heteroatoms. The van der Waals surface area contributed by atoms with E-state index >= 15 is 0 Å². The van der Waals surface area contributed by atoms with Crippen LogP contribution in [0.5, 0.6) is 0 Å². The van der Waals surface area contributed by atoms with Crippen LogP contribution in [0.2, 0.25) is 0 Å². The van der Waals surface area contributed by atoms with E-state index in [4.69, 9.17) is 0 Å². The Morgan fingerprint density at radius 3 is 2.58 bits per heavy atom. The molecule has 0 unspecified atom stereocenters. The van der Waals surface area contributed by atoms with Crippen molar-refractivity contribution in [3.63, 3.8) is 0 Å². The summed E-state index contributed by atoms with van der Waals surface area (Å²) in [6.45, 7) is 4.04. The van der Waals surface area contributed by atoms with Gasteiger partial charge in [-0.2, -0.15) is 0 Å². The number of fused-ring (bicyclic) bond motifs is 1. The normalized spacial score (nSPS) is 11.8. The molecule has 1 aromatic heterocycles. The number of aryl methyl sites for hydroxylation is 1. The molecule has 0 bridgehead atoms. The minimum absolute atomic E-state index is 0.155. The number of aromatic nitrogens is 1. The standard InChI is InChI=1S/C18H20N2O2S2/c1-3-4-11-24(21,22)20-15-8-6-14(7-9-15)18-19-16-10-5-13(2)12-17(16)23-18/h5-10,12,20H,3-4,11H2,1-2H3. The molecule has 0 saturated carbocycles. The van der Waals surface area contributed by atoms with Gasteiger partial charge in [0.1, 0.15) is 5.01 Å². The predicted octanol–water partition coefficient (Wildman–Crippen LogP) is 4.81. The average Bonchev–Trinajstić information content (AvgIpc) is 2.96. The summed E-state index contributed by atoms with van der Waals surface area (Å²) in [4.78, 5) is 4.65. The summed E-state index contributed by atoms with van der Waals surface area (Å²) in [5.41, 5.74) is 3.79. The molecule has 0 aliphatic heterocycles. The van der Waals surface area contributed by atoms with Crippen molar-refractivity contribution in [1.82, 2.24) is 4.98 Å². The van der Waals surface area contributed by atoms with Crippen molar-refractivity contribution >= 4 is 37.3 Å². The van der Waals surface area contributed by atoms with E-state index in [9.17, 15) is 8.42 Å². The van der Waals surface area contributed by atoms with Crippen molar-refractivity contribution in [3.8, 4) is 10.6 Å². The Bertz CT molecular complexity index is 945. The van der Waals surface area contributed by atoms with Crippen molar-refractivity contribution in [2.45, 2.75) is 26.7 Å². The lowest BCUT2D eigenvalue weighted by molar-refractivity contribution is 0.598. The Morgan fingerprint density at radius 1 is 1.12 bits per heavy atom. The molecule has 0 aliphatic rings. The maximum atomic E-state index is 11.9. The van der Waals surface area contributed by atoms with E-state index in [2.05, 4.69) is 28.8 Å². The minimum Gasteiger partial charge on any atom is -0.284 e. The molecule has 4 nitrogen and oxygen atoms in total. The number of nitrogens with one attached hydrogen (secondary N) is 1. The molecular weight excluding hydrogens is 340 g/mol. The zero-order valence-electron chi connectivity index (χ0n) is 13.7. The minimum atomic E-state index is -3.26. The molecule has 0 radical (unpaired) electrons. The Labute approximate surface area is 146 Å². The smallest absolute Gasteiger partial charge is 0.232 e. The lowest BCUT2D eigenvalue weighted by Gasteiger charge is -2.07. The number of nitrogens with zero attached hydrogens (tertiary/aromatic N) is 1. The first-order valence-electron chi connectivity index (χ1n) is 7.95. The second-order valence-electron chi connectivity index (χ2n) is 5.84. The third kappa shape index (κ3) is 3.94. The van der Waals surface area contributed by atoms with Crippen LogP contribution in [0.4, 0.5) is 5.69 Å². The average molecular weight is 361 g/mol. The number of anilines is 1. The van der Waals surface area contributed by atoms with Gasteiger partial charge in [0, 0.05) is 11.3 Å². The van der Waals surface area contributed by atoms with Gasteiger partial charge in [0.2, 0.25) is 10.0 Å². The molecule has 24 heavy (non-hydrogen) atoms. The fourth-order valence-electron chi connectivity index (χ4n) is 2.40. The summed E-state index contributed by atoms with van der Waals surface area (Å²) in [5.74, 6) is 0.155. The fourth-order valence-corrected chi connectivity index (χ4v) is 4.74. The number of benzene rings is 2. The lowest BCUT2D eigenvalue weighted by atomic mass is 10.2. The largest absolute Gasteiger partial charge is 0.284 e. The second kappa shape index (κ2) is 6.91. The molecule has 3 rings (SSSR count). The maximum absolute atomic E-state index is 11.9. The van der Waals surface area contributed by atoms with Gasteiger partial charge in [0.15, 0.2) is 0 Å². The molecule has 3 aromatic rings. The van der Waals surface area contributed by atoms with Crippen molar-refractivity contribution in [1.29, 1.82) is 0 Å². The number of hydrogen-bond acceptors (Lipinski definition) is 4. The summed E-state index contributed by atoms with van der Waals surface area (Å²) < 4.78 is 27.7. The predicted molar refractivity (Wildman–Crippen MR) is 102 cm³/mol. The molecule has 1 heterocycles. The highest BCUT2D eigenvalue weighted by Gasteiger charge is 2.10. The van der Waals surface area contributed by atoms with Crippen molar-refractivity contribution in [2.75, 3.05) is 10.5 Å². The molecule has 0 saturated heterocycles. The number of thiazole rings is 1. The molecular formula is C18H20N2O2S2. The molecule has 0 spiro atoms. The van der Waals surface area contributed by atoms with E-state index in [1.165, 1.54) is 5.56 Å². The van der Waals surface area contributed by atoms with Crippen LogP contribution in [0, 0.1) is 6.92 Å². The second-order valence-corrected chi connectivity index (χ2v) is 8.71. The zero-order valence-corrected chi connectivity index (χ0v) is 15.4. The molecule has 0 fully saturated rings. The first-order valence-corrected chi connectivity index (χ1v) is 10.4. The summed E-state index contributed by atoms with van der Waals surface area (Å²) in [7, 11) is -3.26. The number of rotatable bonds is 6. The summed E-state index contributed by atoms with van der Waals surface area (Å²) in [6, 6.07) is 13.6. The lowest BCUT2D eigenvalue weighted by Crippen LogP contribution is -2.16. The van der Waals surface area contributed by atoms with E-state index < -0.39 is 10.0 Å². The zero-order chi connectivity index (χ0) is 17.2. The Morgan fingerprint density at radius 2 is 1.88 bits per heavy atom. The summed E-state index contributed by atoms with van der Waals surface area (Å²) in [5, 5.41) is 0.941. The monoisotopic (exact) mass is 360 g/mol. The first-order chi connectivity index (χ1) is 11.5. The Kier molecular flexibility index (Phi) is 4.87. The topological polar surface area (TPSA) is 59.1 Å². The van der Waals surface area contributed by atoms with Crippen LogP contribution in [0.1, 0.15) is 25.3 Å². The van der Waals surface area contributed by atoms with Crippen LogP contribution >= 0.6 is 11.3 Å². The van der Waals surface area contributed by atoms with Crippen LogP contribution in [0.3, 0.4) is 0 Å². The highest BCUT2D eigenvalue weighted by Crippen LogP contribution is 2.31. The molecule has 2 aromatic carbocycles. The van der Waals surface area contributed by atoms with Gasteiger partial charge in [0.25, 0.3) is 0 Å². The SMILES string of the molecule is CCCCS(=O)(=O)Nc1ccc(-c2nc3ccc(C)cc3s2)cc1. The maximum Gasteiger partial charge on any atom is 0.232 e. The number of unbranched alkanes of at least 4 members (excludes halogenated alkanes) is 1. The van der Waals surface area contributed by atoms with Gasteiger partial charge in [-0.25, -0.2) is 13.4 Å². The van der Waals surface area contributed by atoms with Gasteiger partial charge in [-0.3, -0.25) is 4.72 Å². The molecule has 0 amide bonds. The first kappa shape index (κ1) is 16.9.